The summed E-state index contributed by atoms with van der Waals surface area (Å²) in [5.74, 6) is 1.31. The summed E-state index contributed by atoms with van der Waals surface area (Å²) in [7, 11) is 0. The van der Waals surface area contributed by atoms with Gasteiger partial charge in [0.15, 0.2) is 10.8 Å². The Morgan fingerprint density at radius 3 is 2.69 bits per heavy atom. The number of rotatable bonds is 2. The molecule has 0 aliphatic rings. The summed E-state index contributed by atoms with van der Waals surface area (Å²) < 4.78 is 0.618. The fourth-order valence-corrected chi connectivity index (χ4v) is 2.08. The van der Waals surface area contributed by atoms with Gasteiger partial charge in [-0.15, -0.1) is 0 Å². The summed E-state index contributed by atoms with van der Waals surface area (Å²) in [5.41, 5.74) is 6.65. The Labute approximate surface area is 103 Å². The van der Waals surface area contributed by atoms with Crippen LogP contribution in [0.5, 0.6) is 0 Å². The van der Waals surface area contributed by atoms with Gasteiger partial charge in [0, 0.05) is 11.8 Å². The number of nitrogens with zero attached hydrogens (tertiary/aromatic N) is 3. The minimum atomic E-state index is 0.305. The molecule has 6 heteroatoms. The maximum absolute atomic E-state index is 5.82. The van der Waals surface area contributed by atoms with Gasteiger partial charge in [0.25, 0.3) is 0 Å². The lowest BCUT2D eigenvalue weighted by Crippen LogP contribution is -2.01. The molecule has 2 N–H and O–H groups in total. The number of nitrogens with two attached hydrogens (primary N) is 1. The van der Waals surface area contributed by atoms with Crippen molar-refractivity contribution in [2.24, 2.45) is 0 Å². The molecule has 2 aromatic rings. The Morgan fingerprint density at radius 1 is 1.38 bits per heavy atom. The molecule has 0 aliphatic carbocycles. The molecule has 2 rings (SSSR count). The molecule has 0 amide bonds. The molecule has 0 bridgehead atoms. The van der Waals surface area contributed by atoms with Crippen molar-refractivity contribution in [1.82, 2.24) is 15.0 Å². The van der Waals surface area contributed by atoms with E-state index in [9.17, 15) is 0 Å². The summed E-state index contributed by atoms with van der Waals surface area (Å²) in [6.07, 6.45) is 1.59. The van der Waals surface area contributed by atoms with Crippen LogP contribution in [-0.4, -0.2) is 15.0 Å². The molecule has 16 heavy (non-hydrogen) atoms. The minimum absolute atomic E-state index is 0.305. The lowest BCUT2D eigenvalue weighted by molar-refractivity contribution is 0.818. The summed E-state index contributed by atoms with van der Waals surface area (Å²) in [5, 5.41) is 0.694. The van der Waals surface area contributed by atoms with Gasteiger partial charge in [-0.1, -0.05) is 36.8 Å². The van der Waals surface area contributed by atoms with Crippen LogP contribution in [0.2, 0.25) is 4.34 Å². The van der Waals surface area contributed by atoms with Crippen LogP contribution in [0.25, 0.3) is 10.8 Å². The van der Waals surface area contributed by atoms with Crippen molar-refractivity contribution >= 4 is 28.8 Å². The molecule has 0 fully saturated rings. The first-order valence-electron chi connectivity index (χ1n) is 4.82. The monoisotopic (exact) mass is 254 g/mol. The Hall–Kier alpha value is -1.20. The molecule has 0 unspecified atom stereocenters. The average Bonchev–Trinajstić information content (AvgIpc) is 2.64. The maximum Gasteiger partial charge on any atom is 0.190 e. The van der Waals surface area contributed by atoms with Crippen molar-refractivity contribution in [2.45, 2.75) is 19.8 Å². The highest BCUT2D eigenvalue weighted by atomic mass is 35.5. The number of hydrogen-bond donors (Lipinski definition) is 1. The highest BCUT2D eigenvalue weighted by Crippen LogP contribution is 2.27. The number of hydrogen-bond acceptors (Lipinski definition) is 5. The average molecular weight is 255 g/mol. The molecule has 0 saturated carbocycles. The summed E-state index contributed by atoms with van der Waals surface area (Å²) in [6.45, 7) is 4.11. The molecular formula is C10H11ClN4S. The second-order valence-corrected chi connectivity index (χ2v) is 5.33. The first-order valence-corrected chi connectivity index (χ1v) is 6.02. The van der Waals surface area contributed by atoms with Gasteiger partial charge in [0.2, 0.25) is 0 Å². The molecule has 0 atom stereocenters. The zero-order valence-corrected chi connectivity index (χ0v) is 10.5. The van der Waals surface area contributed by atoms with E-state index in [0.717, 1.165) is 5.69 Å². The van der Waals surface area contributed by atoms with Crippen LogP contribution in [0.1, 0.15) is 25.5 Å². The van der Waals surface area contributed by atoms with Gasteiger partial charge >= 0.3 is 0 Å². The fraction of sp³-hybridized carbons (Fsp3) is 0.300. The van der Waals surface area contributed by atoms with E-state index in [1.165, 1.54) is 11.3 Å². The van der Waals surface area contributed by atoms with Gasteiger partial charge in [0.1, 0.15) is 10.2 Å². The van der Waals surface area contributed by atoms with E-state index in [1.54, 1.807) is 12.3 Å². The fourth-order valence-electron chi connectivity index (χ4n) is 1.23. The molecule has 2 heterocycles. The van der Waals surface area contributed by atoms with Gasteiger partial charge in [-0.05, 0) is 5.92 Å². The molecule has 0 spiro atoms. The maximum atomic E-state index is 5.82. The predicted octanol–water partition coefficient (Wildman–Crippen LogP) is 2.96. The molecule has 0 radical (unpaired) electrons. The zero-order valence-electron chi connectivity index (χ0n) is 8.94. The van der Waals surface area contributed by atoms with Gasteiger partial charge in [-0.3, -0.25) is 0 Å². The van der Waals surface area contributed by atoms with E-state index in [4.69, 9.17) is 17.3 Å². The highest BCUT2D eigenvalue weighted by molar-refractivity contribution is 7.18. The largest absolute Gasteiger partial charge is 0.384 e. The van der Waals surface area contributed by atoms with Crippen LogP contribution in [0.4, 0.5) is 5.82 Å². The van der Waals surface area contributed by atoms with Crippen LogP contribution in [0.15, 0.2) is 12.3 Å². The second kappa shape index (κ2) is 4.35. The Balaban J connectivity index is 2.49. The topological polar surface area (TPSA) is 64.7 Å². The minimum Gasteiger partial charge on any atom is -0.384 e. The Morgan fingerprint density at radius 2 is 2.12 bits per heavy atom. The van der Waals surface area contributed by atoms with Crippen LogP contribution >= 0.6 is 22.9 Å². The van der Waals surface area contributed by atoms with E-state index in [0.29, 0.717) is 26.9 Å². The first-order chi connectivity index (χ1) is 7.56. The van der Waals surface area contributed by atoms with E-state index in [1.807, 2.05) is 0 Å². The molecular weight excluding hydrogens is 244 g/mol. The Kier molecular flexibility index (Phi) is 3.07. The molecule has 4 nitrogen and oxygen atoms in total. The molecule has 2 aromatic heterocycles. The van der Waals surface area contributed by atoms with Crippen molar-refractivity contribution in [2.75, 3.05) is 5.73 Å². The van der Waals surface area contributed by atoms with Crippen molar-refractivity contribution in [3.63, 3.8) is 0 Å². The van der Waals surface area contributed by atoms with E-state index >= 15 is 0 Å². The zero-order chi connectivity index (χ0) is 11.7. The standard InChI is InChI=1S/C10H11ClN4S/c1-5(2)6-3-8(12)15-9(14-6)10-13-4-7(11)16-10/h3-5H,1-2H3,(H2,12,14,15). The SMILES string of the molecule is CC(C)c1cc(N)nc(-c2ncc(Cl)s2)n1. The number of thiazole rings is 1. The number of aromatic nitrogens is 3. The highest BCUT2D eigenvalue weighted by Gasteiger charge is 2.11. The van der Waals surface area contributed by atoms with Crippen LogP contribution in [0, 0.1) is 0 Å². The van der Waals surface area contributed by atoms with Crippen molar-refractivity contribution in [1.29, 1.82) is 0 Å². The van der Waals surface area contributed by atoms with E-state index in [-0.39, 0.29) is 0 Å². The van der Waals surface area contributed by atoms with Crippen molar-refractivity contribution in [3.8, 4) is 10.8 Å². The third kappa shape index (κ3) is 2.31. The number of nitrogen functional groups attached to an aromatic ring is 1. The lowest BCUT2D eigenvalue weighted by atomic mass is 10.1. The lowest BCUT2D eigenvalue weighted by Gasteiger charge is -2.06. The summed E-state index contributed by atoms with van der Waals surface area (Å²) in [4.78, 5) is 12.7. The first kappa shape index (κ1) is 11.3. The van der Waals surface area contributed by atoms with E-state index in [2.05, 4.69) is 28.8 Å². The van der Waals surface area contributed by atoms with Gasteiger partial charge in [-0.25, -0.2) is 15.0 Å². The number of anilines is 1. The second-order valence-electron chi connectivity index (χ2n) is 3.67. The quantitative estimate of drug-likeness (QED) is 0.895. The summed E-state index contributed by atoms with van der Waals surface area (Å²) in [6, 6.07) is 1.78. The number of halogens is 1. The van der Waals surface area contributed by atoms with Gasteiger partial charge in [-0.2, -0.15) is 0 Å². The normalized spacial score (nSPS) is 11.0. The molecule has 0 aliphatic heterocycles. The molecule has 0 saturated heterocycles. The third-order valence-electron chi connectivity index (χ3n) is 2.03. The van der Waals surface area contributed by atoms with Crippen LogP contribution in [0.3, 0.4) is 0 Å². The summed E-state index contributed by atoms with van der Waals surface area (Å²) >= 11 is 7.17. The van der Waals surface area contributed by atoms with E-state index < -0.39 is 0 Å². The Bertz CT molecular complexity index is 509. The molecule has 84 valence electrons. The van der Waals surface area contributed by atoms with Crippen molar-refractivity contribution < 1.29 is 0 Å². The third-order valence-corrected chi connectivity index (χ3v) is 3.14. The predicted molar refractivity (Wildman–Crippen MR) is 66.7 cm³/mol. The smallest absolute Gasteiger partial charge is 0.190 e. The van der Waals surface area contributed by atoms with Crippen LogP contribution in [-0.2, 0) is 0 Å². The van der Waals surface area contributed by atoms with Crippen molar-refractivity contribution in [3.05, 3.63) is 22.3 Å². The molecule has 0 aromatic carbocycles. The van der Waals surface area contributed by atoms with Gasteiger partial charge in [0.05, 0.1) is 6.20 Å². The van der Waals surface area contributed by atoms with Crippen LogP contribution < -0.4 is 5.73 Å². The van der Waals surface area contributed by atoms with Gasteiger partial charge < -0.3 is 5.73 Å².